The van der Waals surface area contributed by atoms with Crippen LogP contribution in [0, 0.1) is 0 Å². The van der Waals surface area contributed by atoms with Gasteiger partial charge >= 0.3 is 6.18 Å². The average molecular weight is 291 g/mol. The van der Waals surface area contributed by atoms with E-state index < -0.39 is 12.2 Å². The molecule has 0 saturated heterocycles. The second-order valence-electron chi connectivity index (χ2n) is 5.35. The van der Waals surface area contributed by atoms with Gasteiger partial charge in [-0.2, -0.15) is 13.2 Å². The van der Waals surface area contributed by atoms with E-state index in [9.17, 15) is 13.2 Å². The van der Waals surface area contributed by atoms with Crippen LogP contribution in [0.25, 0.3) is 0 Å². The van der Waals surface area contributed by atoms with Crippen LogP contribution in [-0.4, -0.2) is 17.6 Å². The lowest BCUT2D eigenvalue weighted by molar-refractivity contribution is -0.190. The second-order valence-corrected chi connectivity index (χ2v) is 5.35. The fourth-order valence-electron chi connectivity index (χ4n) is 2.99. The summed E-state index contributed by atoms with van der Waals surface area (Å²) in [5, 5.41) is 0. The standard InChI is InChI=1S/C17H16F3N/c18-17(19,20)16-15-9-5-4-8-14(15)10-11-21(16)12-13-6-2-1-3-7-13/h1-9,16H,10-12H2. The highest BCUT2D eigenvalue weighted by atomic mass is 19.4. The van der Waals surface area contributed by atoms with Crippen molar-refractivity contribution in [1.82, 2.24) is 4.90 Å². The van der Waals surface area contributed by atoms with Crippen LogP contribution in [0.1, 0.15) is 22.7 Å². The molecule has 3 rings (SSSR count). The normalized spacial score (nSPS) is 19.3. The molecule has 0 radical (unpaired) electrons. The molecule has 1 heterocycles. The van der Waals surface area contributed by atoms with Gasteiger partial charge in [0.15, 0.2) is 0 Å². The summed E-state index contributed by atoms with van der Waals surface area (Å²) in [5.74, 6) is 0. The molecular formula is C17H16F3N. The lowest BCUT2D eigenvalue weighted by Gasteiger charge is -2.38. The summed E-state index contributed by atoms with van der Waals surface area (Å²) >= 11 is 0. The van der Waals surface area contributed by atoms with Crippen molar-refractivity contribution in [2.24, 2.45) is 0 Å². The van der Waals surface area contributed by atoms with Crippen LogP contribution in [0.5, 0.6) is 0 Å². The Morgan fingerprint density at radius 2 is 1.62 bits per heavy atom. The highest BCUT2D eigenvalue weighted by Gasteiger charge is 2.46. The average Bonchev–Trinajstić information content (AvgIpc) is 2.47. The summed E-state index contributed by atoms with van der Waals surface area (Å²) in [6, 6.07) is 14.7. The van der Waals surface area contributed by atoms with Gasteiger partial charge in [-0.25, -0.2) is 0 Å². The molecule has 0 fully saturated rings. The predicted octanol–water partition coefficient (Wildman–Crippen LogP) is 4.35. The van der Waals surface area contributed by atoms with E-state index in [1.165, 1.54) is 4.90 Å². The van der Waals surface area contributed by atoms with Crippen molar-refractivity contribution in [3.8, 4) is 0 Å². The summed E-state index contributed by atoms with van der Waals surface area (Å²) in [6.07, 6.45) is -3.60. The Morgan fingerprint density at radius 1 is 0.952 bits per heavy atom. The molecule has 1 atom stereocenters. The molecule has 0 saturated carbocycles. The summed E-state index contributed by atoms with van der Waals surface area (Å²) in [7, 11) is 0. The predicted molar refractivity (Wildman–Crippen MR) is 75.8 cm³/mol. The molecule has 0 spiro atoms. The maximum Gasteiger partial charge on any atom is 0.408 e. The molecule has 1 aliphatic heterocycles. The molecule has 4 heteroatoms. The van der Waals surface area contributed by atoms with E-state index in [4.69, 9.17) is 0 Å². The molecule has 2 aromatic rings. The first-order chi connectivity index (χ1) is 10.1. The number of fused-ring (bicyclic) bond motifs is 1. The molecule has 0 aliphatic carbocycles. The van der Waals surface area contributed by atoms with E-state index >= 15 is 0 Å². The molecule has 0 aromatic heterocycles. The SMILES string of the molecule is FC(F)(F)C1c2ccccc2CCN1Cc1ccccc1. The van der Waals surface area contributed by atoms with Crippen molar-refractivity contribution in [2.45, 2.75) is 25.2 Å². The topological polar surface area (TPSA) is 3.24 Å². The van der Waals surface area contributed by atoms with Crippen molar-refractivity contribution >= 4 is 0 Å². The number of rotatable bonds is 2. The molecule has 1 unspecified atom stereocenters. The highest BCUT2D eigenvalue weighted by Crippen LogP contribution is 2.42. The molecule has 21 heavy (non-hydrogen) atoms. The zero-order chi connectivity index (χ0) is 14.9. The lowest BCUT2D eigenvalue weighted by atomic mass is 9.92. The van der Waals surface area contributed by atoms with E-state index in [-0.39, 0.29) is 0 Å². The van der Waals surface area contributed by atoms with Crippen LogP contribution >= 0.6 is 0 Å². The second kappa shape index (κ2) is 5.53. The van der Waals surface area contributed by atoms with E-state index in [2.05, 4.69) is 0 Å². The zero-order valence-electron chi connectivity index (χ0n) is 11.5. The van der Waals surface area contributed by atoms with Gasteiger partial charge in [0.1, 0.15) is 6.04 Å². The van der Waals surface area contributed by atoms with Crippen LogP contribution in [0.15, 0.2) is 54.6 Å². The quantitative estimate of drug-likeness (QED) is 0.795. The van der Waals surface area contributed by atoms with Crippen LogP contribution in [0.2, 0.25) is 0 Å². The Kier molecular flexibility index (Phi) is 3.72. The van der Waals surface area contributed by atoms with Gasteiger partial charge in [-0.05, 0) is 23.1 Å². The van der Waals surface area contributed by atoms with Gasteiger partial charge in [0, 0.05) is 13.1 Å². The first kappa shape index (κ1) is 14.1. The van der Waals surface area contributed by atoms with Crippen molar-refractivity contribution in [3.63, 3.8) is 0 Å². The van der Waals surface area contributed by atoms with E-state index in [1.54, 1.807) is 24.3 Å². The Balaban J connectivity index is 1.94. The Hall–Kier alpha value is -1.81. The van der Waals surface area contributed by atoms with Crippen molar-refractivity contribution < 1.29 is 13.2 Å². The molecule has 1 aliphatic rings. The minimum Gasteiger partial charge on any atom is -0.284 e. The molecule has 0 bridgehead atoms. The van der Waals surface area contributed by atoms with E-state index in [0.29, 0.717) is 25.1 Å². The molecule has 0 N–H and O–H groups in total. The van der Waals surface area contributed by atoms with Crippen LogP contribution in [-0.2, 0) is 13.0 Å². The van der Waals surface area contributed by atoms with Crippen molar-refractivity contribution in [2.75, 3.05) is 6.54 Å². The first-order valence-electron chi connectivity index (χ1n) is 6.98. The smallest absolute Gasteiger partial charge is 0.284 e. The number of halogens is 3. The third-order valence-electron chi connectivity index (χ3n) is 3.92. The Morgan fingerprint density at radius 3 is 2.33 bits per heavy atom. The fourth-order valence-corrected chi connectivity index (χ4v) is 2.99. The van der Waals surface area contributed by atoms with Crippen LogP contribution < -0.4 is 0 Å². The molecular weight excluding hydrogens is 275 g/mol. The fraction of sp³-hybridized carbons (Fsp3) is 0.294. The Labute approximate surface area is 122 Å². The number of alkyl halides is 3. The molecule has 1 nitrogen and oxygen atoms in total. The molecule has 2 aromatic carbocycles. The van der Waals surface area contributed by atoms with Gasteiger partial charge in [0.2, 0.25) is 0 Å². The van der Waals surface area contributed by atoms with Gasteiger partial charge in [0.25, 0.3) is 0 Å². The largest absolute Gasteiger partial charge is 0.408 e. The highest BCUT2D eigenvalue weighted by molar-refractivity contribution is 5.34. The molecule has 0 amide bonds. The minimum absolute atomic E-state index is 0.319. The Bertz CT molecular complexity index is 607. The van der Waals surface area contributed by atoms with Crippen LogP contribution in [0.4, 0.5) is 13.2 Å². The van der Waals surface area contributed by atoms with Gasteiger partial charge in [-0.1, -0.05) is 54.6 Å². The summed E-state index contributed by atoms with van der Waals surface area (Å²) < 4.78 is 40.6. The third-order valence-corrected chi connectivity index (χ3v) is 3.92. The monoisotopic (exact) mass is 291 g/mol. The number of nitrogens with zero attached hydrogens (tertiary/aromatic N) is 1. The molecule has 110 valence electrons. The number of benzene rings is 2. The van der Waals surface area contributed by atoms with Crippen LogP contribution in [0.3, 0.4) is 0 Å². The van der Waals surface area contributed by atoms with E-state index in [1.807, 2.05) is 30.3 Å². The third kappa shape index (κ3) is 2.95. The lowest BCUT2D eigenvalue weighted by Crippen LogP contribution is -2.42. The van der Waals surface area contributed by atoms with Gasteiger partial charge in [-0.15, -0.1) is 0 Å². The van der Waals surface area contributed by atoms with Gasteiger partial charge in [-0.3, -0.25) is 4.90 Å². The van der Waals surface area contributed by atoms with Gasteiger partial charge in [0.05, 0.1) is 0 Å². The minimum atomic E-state index is -4.26. The van der Waals surface area contributed by atoms with Crippen molar-refractivity contribution in [3.05, 3.63) is 71.3 Å². The van der Waals surface area contributed by atoms with Gasteiger partial charge < -0.3 is 0 Å². The first-order valence-corrected chi connectivity index (χ1v) is 6.98. The van der Waals surface area contributed by atoms with Crippen molar-refractivity contribution in [1.29, 1.82) is 0 Å². The summed E-state index contributed by atoms with van der Waals surface area (Å²) in [4.78, 5) is 1.53. The zero-order valence-corrected chi connectivity index (χ0v) is 11.5. The maximum absolute atomic E-state index is 13.5. The number of hydrogen-bond donors (Lipinski definition) is 0. The summed E-state index contributed by atoms with van der Waals surface area (Å²) in [6.45, 7) is 0.745. The number of hydrogen-bond acceptors (Lipinski definition) is 1. The van der Waals surface area contributed by atoms with E-state index in [0.717, 1.165) is 11.1 Å². The summed E-state index contributed by atoms with van der Waals surface area (Å²) in [5.41, 5.74) is 2.11. The maximum atomic E-state index is 13.5.